The predicted molar refractivity (Wildman–Crippen MR) is 104 cm³/mol. The van der Waals surface area contributed by atoms with Crippen LogP contribution in [0.3, 0.4) is 0 Å². The number of nitro benzene ring substituents is 1. The van der Waals surface area contributed by atoms with Crippen molar-refractivity contribution in [1.82, 2.24) is 4.72 Å². The molecule has 0 bridgehead atoms. The Balaban J connectivity index is 1.74. The lowest BCUT2D eigenvalue weighted by Gasteiger charge is -2.12. The third kappa shape index (κ3) is 4.91. The van der Waals surface area contributed by atoms with Crippen molar-refractivity contribution in [3.63, 3.8) is 0 Å². The van der Waals surface area contributed by atoms with Gasteiger partial charge in [0.05, 0.1) is 28.6 Å². The molecule has 1 N–H and O–H groups in total. The molecule has 3 rings (SSSR count). The number of nitro groups is 1. The van der Waals surface area contributed by atoms with Crippen LogP contribution >= 0.6 is 0 Å². The summed E-state index contributed by atoms with van der Waals surface area (Å²) in [5, 5.41) is 11.3. The van der Waals surface area contributed by atoms with Crippen molar-refractivity contribution in [2.24, 2.45) is 4.99 Å². The molecular weight excluding hydrogens is 456 g/mol. The van der Waals surface area contributed by atoms with Crippen LogP contribution in [-0.4, -0.2) is 45.4 Å². The average molecular weight is 471 g/mol. The van der Waals surface area contributed by atoms with Gasteiger partial charge in [0.25, 0.3) is 15.7 Å². The zero-order chi connectivity index (χ0) is 23.5. The smallest absolute Gasteiger partial charge is 0.387 e. The maximum atomic E-state index is 12.5. The zero-order valence-corrected chi connectivity index (χ0v) is 17.1. The highest BCUT2D eigenvalue weighted by Crippen LogP contribution is 2.36. The highest BCUT2D eigenvalue weighted by atomic mass is 32.2. The summed E-state index contributed by atoms with van der Waals surface area (Å²) in [6.45, 7) is -4.40. The third-order valence-corrected chi connectivity index (χ3v) is 5.59. The molecule has 0 aromatic heterocycles. The Labute approximate surface area is 179 Å². The molecule has 2 aromatic carbocycles. The summed E-state index contributed by atoms with van der Waals surface area (Å²) >= 11 is 0. The van der Waals surface area contributed by atoms with Crippen LogP contribution in [0.4, 0.5) is 14.5 Å². The van der Waals surface area contributed by atoms with Crippen molar-refractivity contribution in [2.45, 2.75) is 18.1 Å². The quantitative estimate of drug-likeness (QED) is 0.349. The Hall–Kier alpha value is -3.81. The van der Waals surface area contributed by atoms with Crippen LogP contribution in [0.1, 0.15) is 11.1 Å². The van der Waals surface area contributed by atoms with Gasteiger partial charge in [0.1, 0.15) is 19.0 Å². The maximum absolute atomic E-state index is 12.5. The van der Waals surface area contributed by atoms with Crippen LogP contribution in [0, 0.1) is 10.1 Å². The van der Waals surface area contributed by atoms with Crippen molar-refractivity contribution in [3.05, 3.63) is 57.6 Å². The number of alkyl halides is 2. The largest absolute Gasteiger partial charge is 0.493 e. The van der Waals surface area contributed by atoms with Gasteiger partial charge in [0.15, 0.2) is 11.5 Å². The molecule has 0 saturated heterocycles. The molecule has 1 aliphatic heterocycles. The van der Waals surface area contributed by atoms with E-state index in [0.29, 0.717) is 0 Å². The molecule has 0 aliphatic carbocycles. The number of carbonyl (C=O) groups excluding carboxylic acids is 1. The molecule has 0 atom stereocenters. The summed E-state index contributed by atoms with van der Waals surface area (Å²) in [5.41, 5.74) is -0.477. The molecule has 11 nitrogen and oxygen atoms in total. The van der Waals surface area contributed by atoms with Gasteiger partial charge in [-0.1, -0.05) is 12.1 Å². The standard InChI is InChI=1S/C18H15F2N3O8S/c1-29-13-6-10(12(23(25)26)7-14(13)31-18(19)20)9-30-16(24)8-21-17-11-4-2-3-5-15(11)32(27,28)22-17/h2-7,18H,8-9H2,1H3,(H,21,22). The first-order valence-electron chi connectivity index (χ1n) is 8.74. The number of hydrogen-bond acceptors (Lipinski definition) is 9. The topological polar surface area (TPSA) is 146 Å². The fourth-order valence-corrected chi connectivity index (χ4v) is 4.07. The number of halogens is 2. The van der Waals surface area contributed by atoms with Crippen molar-refractivity contribution in [2.75, 3.05) is 13.7 Å². The number of benzene rings is 2. The minimum atomic E-state index is -3.78. The summed E-state index contributed by atoms with van der Waals surface area (Å²) in [7, 11) is -2.64. The normalized spacial score (nSPS) is 15.2. The molecule has 0 spiro atoms. The number of methoxy groups -OCH3 is 1. The number of nitrogens with one attached hydrogen (secondary N) is 1. The van der Waals surface area contributed by atoms with Gasteiger partial charge >= 0.3 is 12.6 Å². The average Bonchev–Trinajstić information content (AvgIpc) is 3.00. The highest BCUT2D eigenvalue weighted by Gasteiger charge is 2.30. The molecular formula is C18H15F2N3O8S. The Morgan fingerprint density at radius 3 is 2.62 bits per heavy atom. The second kappa shape index (κ2) is 9.13. The lowest BCUT2D eigenvalue weighted by molar-refractivity contribution is -0.386. The van der Waals surface area contributed by atoms with Gasteiger partial charge in [-0.2, -0.15) is 8.78 Å². The minimum Gasteiger partial charge on any atom is -0.493 e. The van der Waals surface area contributed by atoms with Crippen LogP contribution in [0.25, 0.3) is 0 Å². The third-order valence-electron chi connectivity index (χ3n) is 4.20. The number of aliphatic imine (C=N–C) groups is 1. The zero-order valence-electron chi connectivity index (χ0n) is 16.3. The Kier molecular flexibility index (Phi) is 6.53. The highest BCUT2D eigenvalue weighted by molar-refractivity contribution is 7.90. The summed E-state index contributed by atoms with van der Waals surface area (Å²) < 4.78 is 65.4. The minimum absolute atomic E-state index is 0.0148. The molecule has 0 unspecified atom stereocenters. The van der Waals surface area contributed by atoms with E-state index in [1.54, 1.807) is 6.07 Å². The summed E-state index contributed by atoms with van der Waals surface area (Å²) in [5.74, 6) is -1.73. The van der Waals surface area contributed by atoms with E-state index in [-0.39, 0.29) is 27.6 Å². The number of amidine groups is 1. The van der Waals surface area contributed by atoms with Crippen molar-refractivity contribution < 1.29 is 41.1 Å². The first-order chi connectivity index (χ1) is 15.1. The molecule has 0 saturated carbocycles. The fourth-order valence-electron chi connectivity index (χ4n) is 2.82. The lowest BCUT2D eigenvalue weighted by atomic mass is 10.1. The number of fused-ring (bicyclic) bond motifs is 1. The van der Waals surface area contributed by atoms with Crippen LogP contribution in [0.5, 0.6) is 11.5 Å². The van der Waals surface area contributed by atoms with Crippen LogP contribution in [0.15, 0.2) is 46.3 Å². The number of nitrogens with zero attached hydrogens (tertiary/aromatic N) is 2. The van der Waals surface area contributed by atoms with Gasteiger partial charge in [-0.25, -0.2) is 8.42 Å². The summed E-state index contributed by atoms with van der Waals surface area (Å²) in [6, 6.07) is 7.80. The first-order valence-corrected chi connectivity index (χ1v) is 10.2. The molecule has 2 aromatic rings. The van der Waals surface area contributed by atoms with Crippen molar-refractivity contribution >= 4 is 27.5 Å². The molecule has 0 fully saturated rings. The van der Waals surface area contributed by atoms with Gasteiger partial charge in [0, 0.05) is 5.56 Å². The number of esters is 1. The number of ether oxygens (including phenoxy) is 3. The Morgan fingerprint density at radius 2 is 1.97 bits per heavy atom. The van der Waals surface area contributed by atoms with Gasteiger partial charge in [-0.05, 0) is 18.2 Å². The van der Waals surface area contributed by atoms with E-state index in [1.165, 1.54) is 18.2 Å². The van der Waals surface area contributed by atoms with E-state index >= 15 is 0 Å². The predicted octanol–water partition coefficient (Wildman–Crippen LogP) is 1.99. The molecule has 14 heteroatoms. The van der Waals surface area contributed by atoms with Crippen molar-refractivity contribution in [1.29, 1.82) is 0 Å². The lowest BCUT2D eigenvalue weighted by Crippen LogP contribution is -2.23. The first kappa shape index (κ1) is 22.9. The second-order valence-electron chi connectivity index (χ2n) is 6.19. The molecule has 1 heterocycles. The number of hydrogen-bond donors (Lipinski definition) is 1. The summed E-state index contributed by atoms with van der Waals surface area (Å²) in [6.07, 6.45) is 0. The van der Waals surface area contributed by atoms with E-state index in [9.17, 15) is 32.1 Å². The fraction of sp³-hybridized carbons (Fsp3) is 0.222. The monoisotopic (exact) mass is 471 g/mol. The SMILES string of the molecule is COc1cc(COC(=O)CN=C2NS(=O)(=O)c3ccccc32)c([N+](=O)[O-])cc1OC(F)F. The second-order valence-corrected chi connectivity index (χ2v) is 7.85. The van der Waals surface area contributed by atoms with E-state index in [2.05, 4.69) is 14.5 Å². The molecule has 170 valence electrons. The van der Waals surface area contributed by atoms with Crippen molar-refractivity contribution in [3.8, 4) is 11.5 Å². The van der Waals surface area contributed by atoms with Gasteiger partial charge in [-0.15, -0.1) is 0 Å². The molecule has 32 heavy (non-hydrogen) atoms. The number of rotatable bonds is 8. The van der Waals surface area contributed by atoms with E-state index in [4.69, 9.17) is 9.47 Å². The van der Waals surface area contributed by atoms with E-state index in [1.807, 2.05) is 0 Å². The maximum Gasteiger partial charge on any atom is 0.387 e. The molecule has 0 radical (unpaired) electrons. The van der Waals surface area contributed by atoms with Crippen LogP contribution < -0.4 is 14.2 Å². The van der Waals surface area contributed by atoms with Gasteiger partial charge in [-0.3, -0.25) is 24.6 Å². The van der Waals surface area contributed by atoms with Crippen LogP contribution in [-0.2, 0) is 26.2 Å². The molecule has 1 aliphatic rings. The van der Waals surface area contributed by atoms with E-state index < -0.39 is 52.1 Å². The van der Waals surface area contributed by atoms with E-state index in [0.717, 1.165) is 19.2 Å². The Morgan fingerprint density at radius 1 is 1.25 bits per heavy atom. The summed E-state index contributed by atoms with van der Waals surface area (Å²) in [4.78, 5) is 26.4. The van der Waals surface area contributed by atoms with Crippen LogP contribution in [0.2, 0.25) is 0 Å². The van der Waals surface area contributed by atoms with Gasteiger partial charge < -0.3 is 14.2 Å². The number of sulfonamides is 1. The molecule has 0 amide bonds. The number of carbonyl (C=O) groups is 1. The van der Waals surface area contributed by atoms with Gasteiger partial charge in [0.2, 0.25) is 0 Å². The Bertz CT molecular complexity index is 1200.